The number of hydrogen-bond acceptors (Lipinski definition) is 3. The molecule has 1 fully saturated rings. The Bertz CT molecular complexity index is 250. The standard InChI is InChI=1S/C10H19N3O2.HI/c1-3-12-10(11)13-6-4-8(5-7-13)9(14)15-2;/h8H,3-7H2,1-2H3,(H2,11,12);1H. The maximum atomic E-state index is 11.3. The summed E-state index contributed by atoms with van der Waals surface area (Å²) in [5.74, 6) is 0.502. The van der Waals surface area contributed by atoms with Crippen molar-refractivity contribution in [2.75, 3.05) is 26.7 Å². The summed E-state index contributed by atoms with van der Waals surface area (Å²) in [7, 11) is 1.43. The van der Waals surface area contributed by atoms with E-state index in [4.69, 9.17) is 10.5 Å². The van der Waals surface area contributed by atoms with Gasteiger partial charge in [-0.1, -0.05) is 0 Å². The first kappa shape index (κ1) is 15.5. The minimum atomic E-state index is -0.111. The SMILES string of the molecule is CCN=C(N)N1CCC(C(=O)OC)CC1.I. The van der Waals surface area contributed by atoms with E-state index in [2.05, 4.69) is 4.99 Å². The molecule has 6 heteroatoms. The first-order valence-corrected chi connectivity index (χ1v) is 5.31. The van der Waals surface area contributed by atoms with Crippen molar-refractivity contribution in [2.24, 2.45) is 16.6 Å². The van der Waals surface area contributed by atoms with Crippen LogP contribution in [-0.4, -0.2) is 43.6 Å². The number of methoxy groups -OCH3 is 1. The Kier molecular flexibility index (Phi) is 7.44. The van der Waals surface area contributed by atoms with E-state index < -0.39 is 0 Å². The zero-order chi connectivity index (χ0) is 11.3. The van der Waals surface area contributed by atoms with Gasteiger partial charge in [-0.3, -0.25) is 9.79 Å². The highest BCUT2D eigenvalue weighted by molar-refractivity contribution is 14.0. The number of carbonyl (C=O) groups is 1. The van der Waals surface area contributed by atoms with Crippen molar-refractivity contribution in [3.8, 4) is 0 Å². The molecule has 0 saturated carbocycles. The molecule has 5 nitrogen and oxygen atoms in total. The van der Waals surface area contributed by atoms with Crippen LogP contribution in [0.25, 0.3) is 0 Å². The minimum Gasteiger partial charge on any atom is -0.469 e. The summed E-state index contributed by atoms with van der Waals surface area (Å²) in [5, 5.41) is 0. The van der Waals surface area contributed by atoms with Crippen LogP contribution in [0.2, 0.25) is 0 Å². The van der Waals surface area contributed by atoms with Gasteiger partial charge in [0.25, 0.3) is 0 Å². The van der Waals surface area contributed by atoms with Gasteiger partial charge in [0, 0.05) is 19.6 Å². The number of nitrogens with zero attached hydrogens (tertiary/aromatic N) is 2. The molecule has 0 atom stereocenters. The molecule has 16 heavy (non-hydrogen) atoms. The zero-order valence-electron chi connectivity index (χ0n) is 9.81. The van der Waals surface area contributed by atoms with Gasteiger partial charge in [0.15, 0.2) is 5.96 Å². The van der Waals surface area contributed by atoms with Crippen LogP contribution in [0.5, 0.6) is 0 Å². The van der Waals surface area contributed by atoms with Crippen LogP contribution in [0.3, 0.4) is 0 Å². The number of guanidine groups is 1. The maximum Gasteiger partial charge on any atom is 0.308 e. The summed E-state index contributed by atoms with van der Waals surface area (Å²) < 4.78 is 4.71. The molecule has 0 aliphatic carbocycles. The molecule has 0 radical (unpaired) electrons. The van der Waals surface area contributed by atoms with Crippen molar-refractivity contribution in [1.82, 2.24) is 4.90 Å². The van der Waals surface area contributed by atoms with Gasteiger partial charge in [0.2, 0.25) is 0 Å². The third-order valence-electron chi connectivity index (χ3n) is 2.67. The highest BCUT2D eigenvalue weighted by Gasteiger charge is 2.26. The predicted molar refractivity (Wildman–Crippen MR) is 73.9 cm³/mol. The van der Waals surface area contributed by atoms with E-state index >= 15 is 0 Å². The second kappa shape index (κ2) is 7.70. The molecule has 1 rings (SSSR count). The molecule has 0 aromatic rings. The summed E-state index contributed by atoms with van der Waals surface area (Å²) in [6.45, 7) is 4.22. The van der Waals surface area contributed by atoms with Crippen LogP contribution < -0.4 is 5.73 Å². The van der Waals surface area contributed by atoms with E-state index in [1.165, 1.54) is 7.11 Å². The van der Waals surface area contributed by atoms with Crippen LogP contribution in [0.4, 0.5) is 0 Å². The van der Waals surface area contributed by atoms with Gasteiger partial charge >= 0.3 is 5.97 Å². The third kappa shape index (κ3) is 4.15. The summed E-state index contributed by atoms with van der Waals surface area (Å²) in [5.41, 5.74) is 5.77. The fraction of sp³-hybridized carbons (Fsp3) is 0.800. The quantitative estimate of drug-likeness (QED) is 0.350. The highest BCUT2D eigenvalue weighted by atomic mass is 127. The van der Waals surface area contributed by atoms with Gasteiger partial charge in [0.05, 0.1) is 13.0 Å². The van der Waals surface area contributed by atoms with Crippen LogP contribution >= 0.6 is 24.0 Å². The lowest BCUT2D eigenvalue weighted by Crippen LogP contribution is -2.44. The van der Waals surface area contributed by atoms with E-state index in [9.17, 15) is 4.79 Å². The van der Waals surface area contributed by atoms with Crippen LogP contribution in [0.1, 0.15) is 19.8 Å². The Hall–Kier alpha value is -0.530. The molecule has 0 unspecified atom stereocenters. The molecule has 1 aliphatic rings. The molecule has 0 amide bonds. The Morgan fingerprint density at radius 1 is 1.50 bits per heavy atom. The second-order valence-corrected chi connectivity index (χ2v) is 3.62. The van der Waals surface area contributed by atoms with Gasteiger partial charge in [-0.25, -0.2) is 0 Å². The van der Waals surface area contributed by atoms with Crippen LogP contribution in [-0.2, 0) is 9.53 Å². The van der Waals surface area contributed by atoms with Crippen molar-refractivity contribution in [2.45, 2.75) is 19.8 Å². The van der Waals surface area contributed by atoms with Crippen LogP contribution in [0.15, 0.2) is 4.99 Å². The Morgan fingerprint density at radius 3 is 2.50 bits per heavy atom. The number of ether oxygens (including phenoxy) is 1. The Balaban J connectivity index is 0.00000225. The van der Waals surface area contributed by atoms with Crippen molar-refractivity contribution < 1.29 is 9.53 Å². The maximum absolute atomic E-state index is 11.3. The molecule has 0 spiro atoms. The highest BCUT2D eigenvalue weighted by Crippen LogP contribution is 2.17. The number of carbonyl (C=O) groups excluding carboxylic acids is 1. The molecule has 1 heterocycles. The number of halogens is 1. The van der Waals surface area contributed by atoms with Gasteiger partial charge in [-0.15, -0.1) is 24.0 Å². The lowest BCUT2D eigenvalue weighted by atomic mass is 9.97. The molecule has 0 bridgehead atoms. The zero-order valence-corrected chi connectivity index (χ0v) is 12.1. The summed E-state index contributed by atoms with van der Waals surface area (Å²) in [6, 6.07) is 0. The van der Waals surface area contributed by atoms with Crippen molar-refractivity contribution in [3.05, 3.63) is 0 Å². The van der Waals surface area contributed by atoms with E-state index in [0.29, 0.717) is 12.5 Å². The fourth-order valence-electron chi connectivity index (χ4n) is 1.77. The second-order valence-electron chi connectivity index (χ2n) is 3.62. The molecule has 2 N–H and O–H groups in total. The van der Waals surface area contributed by atoms with Gasteiger partial charge < -0.3 is 15.4 Å². The van der Waals surface area contributed by atoms with E-state index in [1.807, 2.05) is 11.8 Å². The van der Waals surface area contributed by atoms with Gasteiger partial charge in [0.1, 0.15) is 0 Å². The lowest BCUT2D eigenvalue weighted by molar-refractivity contribution is -0.146. The minimum absolute atomic E-state index is 0. The molecule has 1 saturated heterocycles. The largest absolute Gasteiger partial charge is 0.469 e. The molecule has 0 aromatic carbocycles. The topological polar surface area (TPSA) is 67.9 Å². The van der Waals surface area contributed by atoms with Gasteiger partial charge in [-0.05, 0) is 19.8 Å². The number of piperidine rings is 1. The number of likely N-dealkylation sites (tertiary alicyclic amines) is 1. The van der Waals surface area contributed by atoms with Gasteiger partial charge in [-0.2, -0.15) is 0 Å². The third-order valence-corrected chi connectivity index (χ3v) is 2.67. The first-order valence-electron chi connectivity index (χ1n) is 5.31. The van der Waals surface area contributed by atoms with E-state index in [1.54, 1.807) is 0 Å². The van der Waals surface area contributed by atoms with Crippen LogP contribution in [0, 0.1) is 5.92 Å². The van der Waals surface area contributed by atoms with E-state index in [0.717, 1.165) is 25.9 Å². The number of aliphatic imine (C=N–C) groups is 1. The molecular formula is C10H20IN3O2. The average molecular weight is 341 g/mol. The molecule has 1 aliphatic heterocycles. The molecular weight excluding hydrogens is 321 g/mol. The first-order chi connectivity index (χ1) is 7.19. The fourth-order valence-corrected chi connectivity index (χ4v) is 1.77. The molecule has 0 aromatic heterocycles. The van der Waals surface area contributed by atoms with Crippen molar-refractivity contribution in [1.29, 1.82) is 0 Å². The van der Waals surface area contributed by atoms with E-state index in [-0.39, 0.29) is 35.9 Å². The lowest BCUT2D eigenvalue weighted by Gasteiger charge is -2.31. The number of rotatable bonds is 2. The Labute approximate surface area is 113 Å². The van der Waals surface area contributed by atoms with Crippen molar-refractivity contribution >= 4 is 35.9 Å². The average Bonchev–Trinajstić information content (AvgIpc) is 2.28. The summed E-state index contributed by atoms with van der Waals surface area (Å²) in [4.78, 5) is 17.4. The molecule has 94 valence electrons. The summed E-state index contributed by atoms with van der Waals surface area (Å²) in [6.07, 6.45) is 1.60. The number of hydrogen-bond donors (Lipinski definition) is 1. The predicted octanol–water partition coefficient (Wildman–Crippen LogP) is 0.824. The number of nitrogens with two attached hydrogens (primary N) is 1. The van der Waals surface area contributed by atoms with Crippen molar-refractivity contribution in [3.63, 3.8) is 0 Å². The normalized spacial score (nSPS) is 17.9. The monoisotopic (exact) mass is 341 g/mol. The summed E-state index contributed by atoms with van der Waals surface area (Å²) >= 11 is 0. The smallest absolute Gasteiger partial charge is 0.308 e. The number of esters is 1. The Morgan fingerprint density at radius 2 is 2.06 bits per heavy atom.